The molecule has 0 spiro atoms. The Kier molecular flexibility index (Phi) is 6.91. The molecule has 0 fully saturated rings. The summed E-state index contributed by atoms with van der Waals surface area (Å²) in [6.07, 6.45) is 6.53. The predicted octanol–water partition coefficient (Wildman–Crippen LogP) is 4.14. The normalized spacial score (nSPS) is 12.6. The van der Waals surface area contributed by atoms with Crippen LogP contribution < -0.4 is 5.32 Å². The largest absolute Gasteiger partial charge is 0.310 e. The first-order valence-electron chi connectivity index (χ1n) is 6.64. The number of unbranched alkanes of at least 4 members (excludes halogenated alkanes) is 1. The van der Waals surface area contributed by atoms with E-state index in [2.05, 4.69) is 49.5 Å². The van der Waals surface area contributed by atoms with Crippen LogP contribution in [-0.2, 0) is 6.54 Å². The molecule has 0 radical (unpaired) electrons. The summed E-state index contributed by atoms with van der Waals surface area (Å²) in [6, 6.07) is 11.4. The molecular formula is C15H25N. The van der Waals surface area contributed by atoms with Crippen molar-refractivity contribution in [2.45, 2.75) is 58.5 Å². The standard InChI is InChI=1S/C15H25N/c1-3-5-12-15(9-4-2)16-13-14-10-7-6-8-11-14/h6-8,10-11,15-16H,3-5,9,12-13H2,1-2H3. The van der Waals surface area contributed by atoms with Gasteiger partial charge in [-0.15, -0.1) is 0 Å². The zero-order valence-electron chi connectivity index (χ0n) is 10.7. The lowest BCUT2D eigenvalue weighted by molar-refractivity contribution is 0.434. The second kappa shape index (κ2) is 8.35. The van der Waals surface area contributed by atoms with Gasteiger partial charge in [-0.25, -0.2) is 0 Å². The van der Waals surface area contributed by atoms with Gasteiger partial charge in [0, 0.05) is 12.6 Å². The molecule has 0 aliphatic rings. The van der Waals surface area contributed by atoms with E-state index < -0.39 is 0 Å². The first-order valence-corrected chi connectivity index (χ1v) is 6.64. The molecule has 1 nitrogen and oxygen atoms in total. The zero-order valence-corrected chi connectivity index (χ0v) is 10.7. The average Bonchev–Trinajstić information content (AvgIpc) is 2.34. The average molecular weight is 219 g/mol. The van der Waals surface area contributed by atoms with Gasteiger partial charge < -0.3 is 5.32 Å². The third-order valence-corrected chi connectivity index (χ3v) is 2.98. The maximum Gasteiger partial charge on any atom is 0.0208 e. The fourth-order valence-corrected chi connectivity index (χ4v) is 2.01. The molecule has 0 aliphatic carbocycles. The smallest absolute Gasteiger partial charge is 0.0208 e. The molecule has 0 heterocycles. The first-order chi connectivity index (χ1) is 7.86. The van der Waals surface area contributed by atoms with Gasteiger partial charge in [0.15, 0.2) is 0 Å². The van der Waals surface area contributed by atoms with Gasteiger partial charge in [-0.3, -0.25) is 0 Å². The second-order valence-electron chi connectivity index (χ2n) is 4.49. The van der Waals surface area contributed by atoms with Crippen molar-refractivity contribution in [2.75, 3.05) is 0 Å². The molecule has 0 aromatic heterocycles. The van der Waals surface area contributed by atoms with E-state index in [1.807, 2.05) is 0 Å². The fourth-order valence-electron chi connectivity index (χ4n) is 2.01. The molecule has 1 aromatic rings. The van der Waals surface area contributed by atoms with Gasteiger partial charge in [-0.2, -0.15) is 0 Å². The third-order valence-electron chi connectivity index (χ3n) is 2.98. The molecule has 0 bridgehead atoms. The Morgan fingerprint density at radius 1 is 1.00 bits per heavy atom. The van der Waals surface area contributed by atoms with Crippen molar-refractivity contribution in [3.05, 3.63) is 35.9 Å². The molecule has 16 heavy (non-hydrogen) atoms. The second-order valence-corrected chi connectivity index (χ2v) is 4.49. The number of nitrogens with one attached hydrogen (secondary N) is 1. The van der Waals surface area contributed by atoms with E-state index >= 15 is 0 Å². The van der Waals surface area contributed by atoms with E-state index in [0.29, 0.717) is 6.04 Å². The van der Waals surface area contributed by atoms with E-state index in [4.69, 9.17) is 0 Å². The summed E-state index contributed by atoms with van der Waals surface area (Å²) in [5.74, 6) is 0. The van der Waals surface area contributed by atoms with E-state index in [1.165, 1.54) is 37.7 Å². The van der Waals surface area contributed by atoms with Crippen molar-refractivity contribution in [3.63, 3.8) is 0 Å². The van der Waals surface area contributed by atoms with E-state index in [-0.39, 0.29) is 0 Å². The van der Waals surface area contributed by atoms with Crippen molar-refractivity contribution >= 4 is 0 Å². The number of hydrogen-bond donors (Lipinski definition) is 1. The Morgan fingerprint density at radius 2 is 1.75 bits per heavy atom. The fraction of sp³-hybridized carbons (Fsp3) is 0.600. The molecule has 1 unspecified atom stereocenters. The molecule has 1 heteroatoms. The summed E-state index contributed by atoms with van der Waals surface area (Å²) >= 11 is 0. The van der Waals surface area contributed by atoms with Crippen LogP contribution in [0.1, 0.15) is 51.5 Å². The highest BCUT2D eigenvalue weighted by molar-refractivity contribution is 5.14. The third kappa shape index (κ3) is 5.32. The van der Waals surface area contributed by atoms with Crippen LogP contribution in [0.15, 0.2) is 30.3 Å². The summed E-state index contributed by atoms with van der Waals surface area (Å²) < 4.78 is 0. The minimum atomic E-state index is 0.699. The van der Waals surface area contributed by atoms with Crippen molar-refractivity contribution in [1.82, 2.24) is 5.32 Å². The van der Waals surface area contributed by atoms with Gasteiger partial charge in [-0.1, -0.05) is 63.4 Å². The van der Waals surface area contributed by atoms with Crippen LogP contribution in [0.5, 0.6) is 0 Å². The molecular weight excluding hydrogens is 194 g/mol. The number of benzene rings is 1. The van der Waals surface area contributed by atoms with Crippen LogP contribution in [0.3, 0.4) is 0 Å². The Morgan fingerprint density at radius 3 is 2.38 bits per heavy atom. The Balaban J connectivity index is 2.31. The van der Waals surface area contributed by atoms with Gasteiger partial charge in [0.1, 0.15) is 0 Å². The first kappa shape index (κ1) is 13.2. The highest BCUT2D eigenvalue weighted by Crippen LogP contribution is 2.08. The molecule has 1 aromatic carbocycles. The predicted molar refractivity (Wildman–Crippen MR) is 71.5 cm³/mol. The van der Waals surface area contributed by atoms with Crippen LogP contribution in [0.25, 0.3) is 0 Å². The van der Waals surface area contributed by atoms with Crippen LogP contribution >= 0.6 is 0 Å². The molecule has 0 saturated heterocycles. The lowest BCUT2D eigenvalue weighted by Crippen LogP contribution is -2.28. The van der Waals surface area contributed by atoms with Crippen molar-refractivity contribution < 1.29 is 0 Å². The minimum absolute atomic E-state index is 0.699. The van der Waals surface area contributed by atoms with Crippen molar-refractivity contribution in [1.29, 1.82) is 0 Å². The monoisotopic (exact) mass is 219 g/mol. The Hall–Kier alpha value is -0.820. The highest BCUT2D eigenvalue weighted by atomic mass is 14.9. The molecule has 0 aliphatic heterocycles. The maximum atomic E-state index is 3.67. The van der Waals surface area contributed by atoms with Crippen LogP contribution in [0.2, 0.25) is 0 Å². The summed E-state index contributed by atoms with van der Waals surface area (Å²) in [5, 5.41) is 3.67. The molecule has 90 valence electrons. The van der Waals surface area contributed by atoms with Gasteiger partial charge in [-0.05, 0) is 18.4 Å². The summed E-state index contributed by atoms with van der Waals surface area (Å²) in [7, 11) is 0. The number of rotatable bonds is 8. The topological polar surface area (TPSA) is 12.0 Å². The molecule has 1 atom stereocenters. The summed E-state index contributed by atoms with van der Waals surface area (Å²) in [6.45, 7) is 5.54. The van der Waals surface area contributed by atoms with E-state index in [1.54, 1.807) is 0 Å². The van der Waals surface area contributed by atoms with Gasteiger partial charge in [0.05, 0.1) is 0 Å². The van der Waals surface area contributed by atoms with Crippen LogP contribution in [0.4, 0.5) is 0 Å². The molecule has 0 amide bonds. The minimum Gasteiger partial charge on any atom is -0.310 e. The summed E-state index contributed by atoms with van der Waals surface area (Å²) in [5.41, 5.74) is 1.39. The van der Waals surface area contributed by atoms with E-state index in [0.717, 1.165) is 6.54 Å². The van der Waals surface area contributed by atoms with Gasteiger partial charge in [0.2, 0.25) is 0 Å². The summed E-state index contributed by atoms with van der Waals surface area (Å²) in [4.78, 5) is 0. The zero-order chi connectivity index (χ0) is 11.6. The maximum absolute atomic E-state index is 3.67. The van der Waals surface area contributed by atoms with Crippen molar-refractivity contribution in [3.8, 4) is 0 Å². The van der Waals surface area contributed by atoms with Crippen molar-refractivity contribution in [2.24, 2.45) is 0 Å². The number of hydrogen-bond acceptors (Lipinski definition) is 1. The van der Waals surface area contributed by atoms with Gasteiger partial charge >= 0.3 is 0 Å². The molecule has 0 saturated carbocycles. The Labute approximate surface area is 100 Å². The van der Waals surface area contributed by atoms with Gasteiger partial charge in [0.25, 0.3) is 0 Å². The van der Waals surface area contributed by atoms with Crippen LogP contribution in [-0.4, -0.2) is 6.04 Å². The molecule has 1 rings (SSSR count). The Bertz CT molecular complexity index is 255. The lowest BCUT2D eigenvalue weighted by atomic mass is 10.0. The molecule has 1 N–H and O–H groups in total. The SMILES string of the molecule is CCCCC(CCC)NCc1ccccc1. The van der Waals surface area contributed by atoms with Crippen LogP contribution in [0, 0.1) is 0 Å². The quantitative estimate of drug-likeness (QED) is 0.693. The lowest BCUT2D eigenvalue weighted by Gasteiger charge is -2.17. The highest BCUT2D eigenvalue weighted by Gasteiger charge is 2.05. The van der Waals surface area contributed by atoms with E-state index in [9.17, 15) is 0 Å².